The van der Waals surface area contributed by atoms with E-state index < -0.39 is 21.2 Å². The second kappa shape index (κ2) is 13.0. The Balaban J connectivity index is 1.20. The van der Waals surface area contributed by atoms with E-state index >= 15 is 0 Å². The summed E-state index contributed by atoms with van der Waals surface area (Å²) in [5.74, 6) is 0.814. The quantitative estimate of drug-likeness (QED) is 0.379. The van der Waals surface area contributed by atoms with Crippen LogP contribution in [0.15, 0.2) is 36.4 Å². The highest BCUT2D eigenvalue weighted by molar-refractivity contribution is 7.90. The third-order valence-electron chi connectivity index (χ3n) is 13.0. The van der Waals surface area contributed by atoms with Crippen molar-refractivity contribution in [2.75, 3.05) is 57.5 Å². The molecule has 8 rings (SSSR count). The van der Waals surface area contributed by atoms with E-state index in [1.54, 1.807) is 13.0 Å². The van der Waals surface area contributed by atoms with Crippen LogP contribution in [0.5, 0.6) is 5.75 Å². The summed E-state index contributed by atoms with van der Waals surface area (Å²) in [7, 11) is -3.90. The van der Waals surface area contributed by atoms with E-state index in [9.17, 15) is 13.2 Å². The van der Waals surface area contributed by atoms with E-state index in [4.69, 9.17) is 25.8 Å². The molecule has 1 saturated carbocycles. The number of nitrogens with one attached hydrogen (secondary N) is 1. The van der Waals surface area contributed by atoms with Gasteiger partial charge >= 0.3 is 0 Å². The Morgan fingerprint density at radius 2 is 1.88 bits per heavy atom. The molecule has 2 spiro atoms. The third-order valence-corrected chi connectivity index (χ3v) is 15.2. The standard InChI is InChI=1S/C38H50ClN3O6S/c1-25-5-3-14-38(23-41-15-16-46-20-31(41)21-48-38)33-10-7-29(33)19-42-22-37(13-4-6-27-17-30(39)9-11-32(27)37)24-47-35-12-8-28(18-34(35)42)36(43)40-49(44,45)26(25)2/h8-9,11-12,17-18,25-26,29,31,33H,3-7,10,13-16,19-24H2,1-2H3,(H,40,43)/t25-,26+,29-,31-,33+,37-,38+/m0/s1. The van der Waals surface area contributed by atoms with Gasteiger partial charge in [0.25, 0.3) is 5.91 Å². The van der Waals surface area contributed by atoms with Gasteiger partial charge in [-0.3, -0.25) is 9.69 Å². The van der Waals surface area contributed by atoms with Crippen molar-refractivity contribution in [3.63, 3.8) is 0 Å². The van der Waals surface area contributed by atoms with Crippen LogP contribution in [-0.2, 0) is 31.3 Å². The second-order valence-electron chi connectivity index (χ2n) is 15.9. The number of hydrogen-bond donors (Lipinski definition) is 1. The zero-order valence-electron chi connectivity index (χ0n) is 28.8. The van der Waals surface area contributed by atoms with Crippen molar-refractivity contribution in [3.05, 3.63) is 58.1 Å². The lowest BCUT2D eigenvalue weighted by Gasteiger charge is -2.57. The maximum absolute atomic E-state index is 13.6. The normalized spacial score (nSPS) is 36.3. The molecule has 6 aliphatic rings. The van der Waals surface area contributed by atoms with Crippen LogP contribution in [0, 0.1) is 17.8 Å². The largest absolute Gasteiger partial charge is 0.490 e. The molecule has 2 aliphatic carbocycles. The smallest absolute Gasteiger partial charge is 0.264 e. The fourth-order valence-electron chi connectivity index (χ4n) is 9.83. The van der Waals surface area contributed by atoms with Gasteiger partial charge < -0.3 is 19.1 Å². The first-order valence-corrected chi connectivity index (χ1v) is 20.3. The molecule has 266 valence electrons. The molecule has 2 saturated heterocycles. The Morgan fingerprint density at radius 3 is 2.71 bits per heavy atom. The van der Waals surface area contributed by atoms with E-state index in [1.165, 1.54) is 11.1 Å². The molecule has 11 heteroatoms. The summed E-state index contributed by atoms with van der Waals surface area (Å²) in [6.07, 6.45) is 7.79. The molecular formula is C38H50ClN3O6S. The molecule has 49 heavy (non-hydrogen) atoms. The van der Waals surface area contributed by atoms with E-state index in [0.717, 1.165) is 101 Å². The van der Waals surface area contributed by atoms with Gasteiger partial charge in [0.15, 0.2) is 0 Å². The number of nitrogens with zero attached hydrogens (tertiary/aromatic N) is 2. The van der Waals surface area contributed by atoms with E-state index in [1.807, 2.05) is 25.1 Å². The lowest BCUT2D eigenvalue weighted by molar-refractivity contribution is -0.212. The van der Waals surface area contributed by atoms with Gasteiger partial charge in [-0.05, 0) is 111 Å². The van der Waals surface area contributed by atoms with Crippen LogP contribution >= 0.6 is 11.6 Å². The minimum Gasteiger partial charge on any atom is -0.490 e. The summed E-state index contributed by atoms with van der Waals surface area (Å²) in [5, 5.41) is 0.0404. The van der Waals surface area contributed by atoms with Crippen LogP contribution in [-0.4, -0.2) is 88.7 Å². The van der Waals surface area contributed by atoms with Crippen molar-refractivity contribution in [1.29, 1.82) is 0 Å². The Bertz CT molecular complexity index is 1710. The van der Waals surface area contributed by atoms with Gasteiger partial charge in [-0.1, -0.05) is 31.0 Å². The molecule has 7 atom stereocenters. The van der Waals surface area contributed by atoms with Crippen molar-refractivity contribution in [1.82, 2.24) is 9.62 Å². The van der Waals surface area contributed by atoms with Crippen LogP contribution in [0.25, 0.3) is 0 Å². The number of benzene rings is 2. The van der Waals surface area contributed by atoms with Crippen LogP contribution in [0.4, 0.5) is 5.69 Å². The maximum Gasteiger partial charge on any atom is 0.264 e. The maximum atomic E-state index is 13.6. The first-order valence-electron chi connectivity index (χ1n) is 18.4. The SMILES string of the molecule is C[C@@H]1[C@@H](C)CCC[C@@]2(CN3CCOC[C@H]3CO2)[C@@H]2CC[C@H]2CN2C[C@@]3(CCCc4cc(Cl)ccc43)COc3ccc(cc32)C(=O)NS1(=O)=O. The molecule has 4 aliphatic heterocycles. The van der Waals surface area contributed by atoms with Gasteiger partial charge in [0.05, 0.1) is 49.0 Å². The number of rotatable bonds is 0. The van der Waals surface area contributed by atoms with Crippen LogP contribution < -0.4 is 14.4 Å². The zero-order chi connectivity index (χ0) is 34.0. The number of ether oxygens (including phenoxy) is 3. The fraction of sp³-hybridized carbons (Fsp3) is 0.658. The Hall–Kier alpha value is -2.37. The number of fused-ring (bicyclic) bond motifs is 6. The van der Waals surface area contributed by atoms with Crippen LogP contribution in [0.1, 0.15) is 80.3 Å². The summed E-state index contributed by atoms with van der Waals surface area (Å²) in [4.78, 5) is 18.6. The minimum absolute atomic E-state index is 0.118. The lowest BCUT2D eigenvalue weighted by Crippen LogP contribution is -2.65. The number of carbonyl (C=O) groups excluding carboxylic acids is 1. The third kappa shape index (κ3) is 6.17. The molecule has 1 amide bonds. The molecular weight excluding hydrogens is 662 g/mol. The zero-order valence-corrected chi connectivity index (χ0v) is 30.4. The van der Waals surface area contributed by atoms with Crippen LogP contribution in [0.2, 0.25) is 5.02 Å². The number of sulfonamides is 1. The molecule has 0 unspecified atom stereocenters. The van der Waals surface area contributed by atoms with E-state index in [0.29, 0.717) is 43.3 Å². The first kappa shape index (κ1) is 33.8. The molecule has 0 aromatic heterocycles. The average molecular weight is 712 g/mol. The minimum atomic E-state index is -3.90. The molecule has 3 fully saturated rings. The predicted octanol–water partition coefficient (Wildman–Crippen LogP) is 5.58. The summed E-state index contributed by atoms with van der Waals surface area (Å²) in [6.45, 7) is 9.74. The number of hydrogen-bond acceptors (Lipinski definition) is 8. The van der Waals surface area contributed by atoms with Crippen molar-refractivity contribution < 1.29 is 27.4 Å². The molecule has 2 aromatic carbocycles. The monoisotopic (exact) mass is 711 g/mol. The number of amides is 1. The summed E-state index contributed by atoms with van der Waals surface area (Å²) in [6, 6.07) is 12.0. The molecule has 9 nitrogen and oxygen atoms in total. The number of carbonyl (C=O) groups is 1. The Morgan fingerprint density at radius 1 is 1.00 bits per heavy atom. The molecule has 1 N–H and O–H groups in total. The van der Waals surface area contributed by atoms with Crippen LogP contribution in [0.3, 0.4) is 0 Å². The van der Waals surface area contributed by atoms with Crippen molar-refractivity contribution in [3.8, 4) is 5.75 Å². The highest BCUT2D eigenvalue weighted by Gasteiger charge is 2.53. The van der Waals surface area contributed by atoms with Gasteiger partial charge in [0.1, 0.15) is 5.75 Å². The van der Waals surface area contributed by atoms with Gasteiger partial charge in [0.2, 0.25) is 10.0 Å². The van der Waals surface area contributed by atoms with Gasteiger partial charge in [-0.25, -0.2) is 13.1 Å². The van der Waals surface area contributed by atoms with Crippen molar-refractivity contribution in [2.45, 2.75) is 87.5 Å². The lowest BCUT2D eigenvalue weighted by atomic mass is 9.62. The topological polar surface area (TPSA) is 97.4 Å². The van der Waals surface area contributed by atoms with E-state index in [-0.39, 0.29) is 16.9 Å². The second-order valence-corrected chi connectivity index (χ2v) is 18.3. The summed E-state index contributed by atoms with van der Waals surface area (Å²) >= 11 is 6.48. The highest BCUT2D eigenvalue weighted by Crippen LogP contribution is 2.51. The van der Waals surface area contributed by atoms with Gasteiger partial charge in [-0.2, -0.15) is 0 Å². The van der Waals surface area contributed by atoms with Crippen molar-refractivity contribution >= 4 is 33.2 Å². The molecule has 2 bridgehead atoms. The number of halogens is 1. The molecule has 2 aromatic rings. The van der Waals surface area contributed by atoms with Gasteiger partial charge in [-0.15, -0.1) is 0 Å². The van der Waals surface area contributed by atoms with Crippen molar-refractivity contribution in [2.24, 2.45) is 17.8 Å². The number of morpholine rings is 2. The number of aryl methyl sites for hydroxylation is 1. The molecule has 4 heterocycles. The van der Waals surface area contributed by atoms with E-state index in [2.05, 4.69) is 26.7 Å². The summed E-state index contributed by atoms with van der Waals surface area (Å²) < 4.78 is 49.0. The fourth-order valence-corrected chi connectivity index (χ4v) is 11.3. The Kier molecular flexibility index (Phi) is 8.95. The first-order chi connectivity index (χ1) is 23.6. The highest BCUT2D eigenvalue weighted by atomic mass is 35.5. The molecule has 0 radical (unpaired) electrons. The Labute approximate surface area is 296 Å². The predicted molar refractivity (Wildman–Crippen MR) is 190 cm³/mol. The van der Waals surface area contributed by atoms with Gasteiger partial charge in [0, 0.05) is 42.2 Å². The average Bonchev–Trinajstić information content (AvgIpc) is 3.22. The number of anilines is 1. The summed E-state index contributed by atoms with van der Waals surface area (Å²) in [5.41, 5.74) is 3.23.